The van der Waals surface area contributed by atoms with Gasteiger partial charge in [0, 0.05) is 0 Å². The van der Waals surface area contributed by atoms with Crippen molar-refractivity contribution in [2.45, 2.75) is 31.3 Å². The first-order chi connectivity index (χ1) is 4.23. The predicted molar refractivity (Wildman–Crippen MR) is 36.0 cm³/mol. The lowest BCUT2D eigenvalue weighted by atomic mass is 9.68. The van der Waals surface area contributed by atoms with E-state index >= 15 is 0 Å². The van der Waals surface area contributed by atoms with Gasteiger partial charge >= 0.3 is 0 Å². The molecule has 0 radical (unpaired) electrons. The average Bonchev–Trinajstić information content (AvgIpc) is 2.11. The molecule has 0 saturated heterocycles. The van der Waals surface area contributed by atoms with Gasteiger partial charge in [-0.15, -0.1) is 0 Å². The summed E-state index contributed by atoms with van der Waals surface area (Å²) in [4.78, 5) is 0. The Bertz CT molecular complexity index is 162. The minimum absolute atomic E-state index is 0.403. The molecule has 2 atom stereocenters. The molecule has 0 aromatic heterocycles. The summed E-state index contributed by atoms with van der Waals surface area (Å²) in [7, 11) is 0. The standard InChI is InChI=1S/C8H12O/c1-6-5-7-3-2-4-8(6,7)9/h7,9H,1-5H2. The molecule has 0 amide bonds. The predicted octanol–water partition coefficient (Wildman–Crippen LogP) is 1.48. The van der Waals surface area contributed by atoms with Crippen LogP contribution < -0.4 is 0 Å². The van der Waals surface area contributed by atoms with Crippen LogP contribution in [0, 0.1) is 5.92 Å². The molecule has 2 unspecified atom stereocenters. The first kappa shape index (κ1) is 5.48. The van der Waals surface area contributed by atoms with Gasteiger partial charge in [0.2, 0.25) is 0 Å². The molecule has 2 aliphatic carbocycles. The molecule has 1 heteroatoms. The van der Waals surface area contributed by atoms with E-state index in [1.54, 1.807) is 0 Å². The fraction of sp³-hybridized carbons (Fsp3) is 0.750. The van der Waals surface area contributed by atoms with Gasteiger partial charge in [0.25, 0.3) is 0 Å². The Morgan fingerprint density at radius 2 is 2.44 bits per heavy atom. The van der Waals surface area contributed by atoms with Crippen LogP contribution in [0.4, 0.5) is 0 Å². The van der Waals surface area contributed by atoms with E-state index in [2.05, 4.69) is 6.58 Å². The maximum absolute atomic E-state index is 9.72. The molecule has 2 rings (SSSR count). The molecule has 1 nitrogen and oxygen atoms in total. The molecule has 0 aromatic rings. The second kappa shape index (κ2) is 1.40. The van der Waals surface area contributed by atoms with Crippen LogP contribution in [-0.4, -0.2) is 10.7 Å². The van der Waals surface area contributed by atoms with Crippen LogP contribution in [0.1, 0.15) is 25.7 Å². The van der Waals surface area contributed by atoms with Crippen LogP contribution in [0.5, 0.6) is 0 Å². The molecular formula is C8H12O. The van der Waals surface area contributed by atoms with Crippen LogP contribution in [0.25, 0.3) is 0 Å². The first-order valence-electron chi connectivity index (χ1n) is 3.64. The van der Waals surface area contributed by atoms with Gasteiger partial charge in [-0.1, -0.05) is 6.58 Å². The fourth-order valence-electron chi connectivity index (χ4n) is 2.14. The molecular weight excluding hydrogens is 112 g/mol. The highest BCUT2D eigenvalue weighted by Gasteiger charge is 2.51. The summed E-state index contributed by atoms with van der Waals surface area (Å²) in [6.07, 6.45) is 4.46. The Balaban J connectivity index is 2.25. The number of aliphatic hydroxyl groups is 1. The van der Waals surface area contributed by atoms with Crippen LogP contribution >= 0.6 is 0 Å². The molecule has 0 aliphatic heterocycles. The smallest absolute Gasteiger partial charge is 0.0885 e. The summed E-state index contributed by atoms with van der Waals surface area (Å²) in [6, 6.07) is 0. The van der Waals surface area contributed by atoms with Crippen LogP contribution in [0.15, 0.2) is 12.2 Å². The third kappa shape index (κ3) is 0.485. The monoisotopic (exact) mass is 124 g/mol. The van der Waals surface area contributed by atoms with Crippen molar-refractivity contribution in [1.82, 2.24) is 0 Å². The van der Waals surface area contributed by atoms with Gasteiger partial charge in [0.05, 0.1) is 5.60 Å². The van der Waals surface area contributed by atoms with Crippen molar-refractivity contribution in [1.29, 1.82) is 0 Å². The van der Waals surface area contributed by atoms with E-state index in [4.69, 9.17) is 0 Å². The lowest BCUT2D eigenvalue weighted by Gasteiger charge is -2.42. The van der Waals surface area contributed by atoms with Crippen molar-refractivity contribution in [2.75, 3.05) is 0 Å². The lowest BCUT2D eigenvalue weighted by molar-refractivity contribution is -0.0104. The first-order valence-corrected chi connectivity index (χ1v) is 3.64. The van der Waals surface area contributed by atoms with Gasteiger partial charge in [0.15, 0.2) is 0 Å². The fourth-order valence-corrected chi connectivity index (χ4v) is 2.14. The van der Waals surface area contributed by atoms with Crippen molar-refractivity contribution in [3.63, 3.8) is 0 Å². The second-order valence-corrected chi connectivity index (χ2v) is 3.32. The highest BCUT2D eigenvalue weighted by Crippen LogP contribution is 2.53. The summed E-state index contributed by atoms with van der Waals surface area (Å²) < 4.78 is 0. The Morgan fingerprint density at radius 1 is 1.67 bits per heavy atom. The molecule has 0 spiro atoms. The minimum atomic E-state index is -0.403. The summed E-state index contributed by atoms with van der Waals surface area (Å²) in [5.74, 6) is 0.574. The topological polar surface area (TPSA) is 20.2 Å². The summed E-state index contributed by atoms with van der Waals surface area (Å²) >= 11 is 0. The van der Waals surface area contributed by atoms with E-state index in [1.807, 2.05) is 0 Å². The molecule has 0 aromatic carbocycles. The highest BCUT2D eigenvalue weighted by atomic mass is 16.3. The van der Waals surface area contributed by atoms with Crippen LogP contribution in [-0.2, 0) is 0 Å². The number of fused-ring (bicyclic) bond motifs is 1. The third-order valence-electron chi connectivity index (χ3n) is 2.89. The molecule has 0 bridgehead atoms. The van der Waals surface area contributed by atoms with Crippen LogP contribution in [0.2, 0.25) is 0 Å². The summed E-state index contributed by atoms with van der Waals surface area (Å²) in [6.45, 7) is 3.82. The molecule has 2 saturated carbocycles. The molecule has 50 valence electrons. The maximum Gasteiger partial charge on any atom is 0.0885 e. The molecule has 0 heterocycles. The second-order valence-electron chi connectivity index (χ2n) is 3.32. The van der Waals surface area contributed by atoms with Crippen LogP contribution in [0.3, 0.4) is 0 Å². The molecule has 9 heavy (non-hydrogen) atoms. The van der Waals surface area contributed by atoms with Gasteiger partial charge in [-0.2, -0.15) is 0 Å². The van der Waals surface area contributed by atoms with Gasteiger partial charge in [-0.3, -0.25) is 0 Å². The van der Waals surface area contributed by atoms with Crippen molar-refractivity contribution >= 4 is 0 Å². The van der Waals surface area contributed by atoms with Gasteiger partial charge in [0.1, 0.15) is 0 Å². The zero-order valence-corrected chi connectivity index (χ0v) is 5.56. The lowest BCUT2D eigenvalue weighted by Crippen LogP contribution is -2.44. The van der Waals surface area contributed by atoms with Crippen molar-refractivity contribution in [3.8, 4) is 0 Å². The van der Waals surface area contributed by atoms with Gasteiger partial charge in [-0.25, -0.2) is 0 Å². The number of rotatable bonds is 0. The average molecular weight is 124 g/mol. The Kier molecular flexibility index (Phi) is 0.854. The Labute approximate surface area is 55.4 Å². The number of hydrogen-bond donors (Lipinski definition) is 1. The van der Waals surface area contributed by atoms with Crippen molar-refractivity contribution in [2.24, 2.45) is 5.92 Å². The van der Waals surface area contributed by atoms with E-state index < -0.39 is 5.60 Å². The van der Waals surface area contributed by atoms with E-state index in [0.717, 1.165) is 18.4 Å². The largest absolute Gasteiger partial charge is 0.385 e. The summed E-state index contributed by atoms with van der Waals surface area (Å²) in [5, 5.41) is 9.72. The quantitative estimate of drug-likeness (QED) is 0.485. The van der Waals surface area contributed by atoms with E-state index in [1.165, 1.54) is 12.8 Å². The highest BCUT2D eigenvalue weighted by molar-refractivity contribution is 5.28. The third-order valence-corrected chi connectivity index (χ3v) is 2.89. The normalized spacial score (nSPS) is 48.6. The van der Waals surface area contributed by atoms with Gasteiger partial charge in [-0.05, 0) is 37.2 Å². The van der Waals surface area contributed by atoms with E-state index in [0.29, 0.717) is 5.92 Å². The maximum atomic E-state index is 9.72. The molecule has 2 fully saturated rings. The molecule has 2 aliphatic rings. The van der Waals surface area contributed by atoms with Crippen molar-refractivity contribution < 1.29 is 5.11 Å². The number of hydrogen-bond acceptors (Lipinski definition) is 1. The SMILES string of the molecule is C=C1CC2CCCC12O. The van der Waals surface area contributed by atoms with Gasteiger partial charge < -0.3 is 5.11 Å². The Hall–Kier alpha value is -0.300. The summed E-state index contributed by atoms with van der Waals surface area (Å²) in [5.41, 5.74) is 0.671. The minimum Gasteiger partial charge on any atom is -0.385 e. The van der Waals surface area contributed by atoms with Crippen molar-refractivity contribution in [3.05, 3.63) is 12.2 Å². The zero-order valence-electron chi connectivity index (χ0n) is 5.56. The van der Waals surface area contributed by atoms with E-state index in [-0.39, 0.29) is 0 Å². The van der Waals surface area contributed by atoms with E-state index in [9.17, 15) is 5.11 Å². The Morgan fingerprint density at radius 3 is 2.89 bits per heavy atom. The zero-order chi connectivity index (χ0) is 6.48. The molecule has 1 N–H and O–H groups in total.